The lowest BCUT2D eigenvalue weighted by atomic mass is 9.72. The lowest BCUT2D eigenvalue weighted by Gasteiger charge is -2.41. The normalized spacial score (nSPS) is 18.6. The number of piperidine rings is 1. The first-order valence-electron chi connectivity index (χ1n) is 10.5. The minimum Gasteiger partial charge on any atom is -0.494 e. The molecule has 0 N–H and O–H groups in total. The molecule has 7 heteroatoms. The van der Waals surface area contributed by atoms with E-state index >= 15 is 0 Å². The average molecular weight is 400 g/mol. The van der Waals surface area contributed by atoms with Gasteiger partial charge in [-0.25, -0.2) is 4.39 Å². The van der Waals surface area contributed by atoms with Gasteiger partial charge in [0.1, 0.15) is 11.6 Å². The van der Waals surface area contributed by atoms with E-state index in [-0.39, 0.29) is 17.1 Å². The molecule has 0 atom stereocenters. The summed E-state index contributed by atoms with van der Waals surface area (Å²) in [6.07, 6.45) is 5.08. The summed E-state index contributed by atoms with van der Waals surface area (Å²) in [5, 5.41) is 8.81. The molecule has 0 aliphatic carbocycles. The number of aromatic nitrogens is 3. The predicted octanol–water partition coefficient (Wildman–Crippen LogP) is 3.81. The first-order valence-corrected chi connectivity index (χ1v) is 10.5. The highest BCUT2D eigenvalue weighted by Gasteiger charge is 2.38. The third-order valence-corrected chi connectivity index (χ3v) is 6.63. The summed E-state index contributed by atoms with van der Waals surface area (Å²) in [5.41, 5.74) is 0.629. The fourth-order valence-electron chi connectivity index (χ4n) is 4.72. The second kappa shape index (κ2) is 7.76. The molecule has 0 unspecified atom stereocenters. The molecule has 4 rings (SSSR count). The molecule has 2 aliphatic heterocycles. The molecule has 0 saturated carbocycles. The standard InChI is InChI=1S/C22H29FN4O2/c1-15(2)20-25-24-19-6-7-22(10-13-27(19)20)8-11-26(12-9-22)21(28)16-4-5-18(29-3)17(23)14-16/h4-5,14-15H,6-13H2,1-3H3. The van der Waals surface area contributed by atoms with Crippen LogP contribution in [-0.4, -0.2) is 45.8 Å². The van der Waals surface area contributed by atoms with Gasteiger partial charge in [0.25, 0.3) is 5.91 Å². The highest BCUT2D eigenvalue weighted by atomic mass is 19.1. The van der Waals surface area contributed by atoms with E-state index in [1.54, 1.807) is 6.07 Å². The topological polar surface area (TPSA) is 60.2 Å². The largest absolute Gasteiger partial charge is 0.494 e. The molecule has 1 fully saturated rings. The Hall–Kier alpha value is -2.44. The monoisotopic (exact) mass is 400 g/mol. The van der Waals surface area contributed by atoms with Crippen molar-refractivity contribution in [3.63, 3.8) is 0 Å². The molecule has 0 bridgehead atoms. The van der Waals surface area contributed by atoms with Crippen LogP contribution in [0.15, 0.2) is 18.2 Å². The van der Waals surface area contributed by atoms with Crippen molar-refractivity contribution in [2.45, 2.75) is 58.4 Å². The summed E-state index contributed by atoms with van der Waals surface area (Å²) in [5.74, 6) is 2.10. The molecular formula is C22H29FN4O2. The van der Waals surface area contributed by atoms with Crippen LogP contribution >= 0.6 is 0 Å². The van der Waals surface area contributed by atoms with Crippen LogP contribution in [0.5, 0.6) is 5.75 Å². The minimum absolute atomic E-state index is 0.103. The first kappa shape index (κ1) is 19.9. The van der Waals surface area contributed by atoms with Gasteiger partial charge in [-0.05, 0) is 49.3 Å². The van der Waals surface area contributed by atoms with Gasteiger partial charge in [0.15, 0.2) is 11.6 Å². The number of aryl methyl sites for hydroxylation is 1. The van der Waals surface area contributed by atoms with E-state index in [0.29, 0.717) is 24.6 Å². The van der Waals surface area contributed by atoms with Crippen molar-refractivity contribution < 1.29 is 13.9 Å². The Labute approximate surface area is 171 Å². The van der Waals surface area contributed by atoms with Gasteiger partial charge in [-0.15, -0.1) is 10.2 Å². The van der Waals surface area contributed by atoms with Crippen LogP contribution in [0.1, 0.15) is 67.5 Å². The van der Waals surface area contributed by atoms with Crippen molar-refractivity contribution in [3.05, 3.63) is 41.2 Å². The lowest BCUT2D eigenvalue weighted by Crippen LogP contribution is -2.43. The molecule has 3 heterocycles. The second-order valence-corrected chi connectivity index (χ2v) is 8.67. The summed E-state index contributed by atoms with van der Waals surface area (Å²) >= 11 is 0. The highest BCUT2D eigenvalue weighted by Crippen LogP contribution is 2.42. The molecule has 2 aliphatic rings. The lowest BCUT2D eigenvalue weighted by molar-refractivity contribution is 0.0535. The van der Waals surface area contributed by atoms with E-state index in [1.165, 1.54) is 19.2 Å². The Balaban J connectivity index is 1.41. The van der Waals surface area contributed by atoms with Crippen LogP contribution < -0.4 is 4.74 Å². The van der Waals surface area contributed by atoms with E-state index in [9.17, 15) is 9.18 Å². The van der Waals surface area contributed by atoms with Crippen LogP contribution in [-0.2, 0) is 13.0 Å². The number of ether oxygens (including phenoxy) is 1. The number of amides is 1. The van der Waals surface area contributed by atoms with E-state index < -0.39 is 5.82 Å². The number of benzene rings is 1. The number of halogens is 1. The quantitative estimate of drug-likeness (QED) is 0.786. The Bertz CT molecular complexity index is 900. The molecule has 1 aromatic heterocycles. The number of nitrogens with zero attached hydrogens (tertiary/aromatic N) is 4. The molecule has 156 valence electrons. The number of carbonyl (C=O) groups excluding carboxylic acids is 1. The Morgan fingerprint density at radius 1 is 1.14 bits per heavy atom. The number of fused-ring (bicyclic) bond motifs is 1. The summed E-state index contributed by atoms with van der Waals surface area (Å²) in [4.78, 5) is 14.7. The summed E-state index contributed by atoms with van der Waals surface area (Å²) in [6, 6.07) is 4.43. The van der Waals surface area contributed by atoms with Gasteiger partial charge in [0.05, 0.1) is 7.11 Å². The van der Waals surface area contributed by atoms with Gasteiger partial charge >= 0.3 is 0 Å². The minimum atomic E-state index is -0.500. The zero-order valence-electron chi connectivity index (χ0n) is 17.4. The molecule has 29 heavy (non-hydrogen) atoms. The maximum atomic E-state index is 14.0. The van der Waals surface area contributed by atoms with Crippen molar-refractivity contribution >= 4 is 5.91 Å². The third-order valence-electron chi connectivity index (χ3n) is 6.63. The number of hydrogen-bond donors (Lipinski definition) is 0. The predicted molar refractivity (Wildman–Crippen MR) is 108 cm³/mol. The number of methoxy groups -OCH3 is 1. The molecule has 0 radical (unpaired) electrons. The van der Waals surface area contributed by atoms with Crippen LogP contribution in [0, 0.1) is 11.2 Å². The molecule has 1 spiro atoms. The van der Waals surface area contributed by atoms with E-state index in [4.69, 9.17) is 4.74 Å². The van der Waals surface area contributed by atoms with Gasteiger partial charge < -0.3 is 14.2 Å². The van der Waals surface area contributed by atoms with Gasteiger partial charge in [0.2, 0.25) is 0 Å². The first-order chi connectivity index (χ1) is 13.9. The smallest absolute Gasteiger partial charge is 0.253 e. The van der Waals surface area contributed by atoms with Crippen molar-refractivity contribution in [3.8, 4) is 5.75 Å². The van der Waals surface area contributed by atoms with Gasteiger partial charge in [-0.1, -0.05) is 13.8 Å². The van der Waals surface area contributed by atoms with Crippen molar-refractivity contribution in [1.29, 1.82) is 0 Å². The van der Waals surface area contributed by atoms with E-state index in [1.807, 2.05) is 4.90 Å². The van der Waals surface area contributed by atoms with Crippen LogP contribution in [0.3, 0.4) is 0 Å². The van der Waals surface area contributed by atoms with Crippen molar-refractivity contribution in [2.75, 3.05) is 20.2 Å². The van der Waals surface area contributed by atoms with E-state index in [0.717, 1.165) is 50.3 Å². The Morgan fingerprint density at radius 3 is 2.52 bits per heavy atom. The van der Waals surface area contributed by atoms with Gasteiger partial charge in [-0.3, -0.25) is 4.79 Å². The number of likely N-dealkylation sites (tertiary alicyclic amines) is 1. The fraction of sp³-hybridized carbons (Fsp3) is 0.591. The molecule has 1 saturated heterocycles. The zero-order valence-corrected chi connectivity index (χ0v) is 17.4. The van der Waals surface area contributed by atoms with Gasteiger partial charge in [-0.2, -0.15) is 0 Å². The maximum absolute atomic E-state index is 14.0. The van der Waals surface area contributed by atoms with Crippen molar-refractivity contribution in [1.82, 2.24) is 19.7 Å². The molecule has 1 aromatic carbocycles. The highest BCUT2D eigenvalue weighted by molar-refractivity contribution is 5.94. The summed E-state index contributed by atoms with van der Waals surface area (Å²) in [6.45, 7) is 6.69. The fourth-order valence-corrected chi connectivity index (χ4v) is 4.72. The Kier molecular flexibility index (Phi) is 5.32. The number of carbonyl (C=O) groups is 1. The summed E-state index contributed by atoms with van der Waals surface area (Å²) in [7, 11) is 1.42. The van der Waals surface area contributed by atoms with Gasteiger partial charge in [0, 0.05) is 37.5 Å². The van der Waals surface area contributed by atoms with Crippen LogP contribution in [0.4, 0.5) is 4.39 Å². The SMILES string of the molecule is COc1ccc(C(=O)N2CCC3(CCc4nnc(C(C)C)n4CC3)CC2)cc1F. The second-order valence-electron chi connectivity index (χ2n) is 8.67. The molecule has 2 aromatic rings. The Morgan fingerprint density at radius 2 is 1.86 bits per heavy atom. The number of hydrogen-bond acceptors (Lipinski definition) is 4. The van der Waals surface area contributed by atoms with E-state index in [2.05, 4.69) is 28.6 Å². The average Bonchev–Trinajstić information content (AvgIpc) is 3.06. The molecule has 6 nitrogen and oxygen atoms in total. The maximum Gasteiger partial charge on any atom is 0.253 e. The molecular weight excluding hydrogens is 371 g/mol. The summed E-state index contributed by atoms with van der Waals surface area (Å²) < 4.78 is 21.2. The third kappa shape index (κ3) is 3.74. The zero-order chi connectivity index (χ0) is 20.6. The van der Waals surface area contributed by atoms with Crippen LogP contribution in [0.2, 0.25) is 0 Å². The van der Waals surface area contributed by atoms with Crippen LogP contribution in [0.25, 0.3) is 0 Å². The molecule has 1 amide bonds. The number of rotatable bonds is 3. The van der Waals surface area contributed by atoms with Crippen molar-refractivity contribution in [2.24, 2.45) is 5.41 Å².